The van der Waals surface area contributed by atoms with Crippen molar-refractivity contribution < 1.29 is 9.13 Å². The Morgan fingerprint density at radius 1 is 1.16 bits per heavy atom. The maximum Gasteiger partial charge on any atom is 0.191 e. The van der Waals surface area contributed by atoms with Crippen LogP contribution in [0.2, 0.25) is 0 Å². The molecule has 0 radical (unpaired) electrons. The fourth-order valence-electron chi connectivity index (χ4n) is 3.16. The summed E-state index contributed by atoms with van der Waals surface area (Å²) in [6.07, 6.45) is 3.66. The summed E-state index contributed by atoms with van der Waals surface area (Å²) < 4.78 is 21.2. The van der Waals surface area contributed by atoms with E-state index in [1.165, 1.54) is 17.7 Å². The molecule has 8 heteroatoms. The van der Waals surface area contributed by atoms with Crippen LogP contribution in [0.4, 0.5) is 4.39 Å². The standard InChI is InChI=1S/C24H30FN5O.HI/c1-4-26-24(28-15-18(2)31-23-10-6-9-22(25)14-23)29-16-20-7-5-8-21(13-20)17-30-12-11-27-19(30)3;/h5-14,18H,4,15-17H2,1-3H3,(H2,26,28,29);1H. The van der Waals surface area contributed by atoms with Gasteiger partial charge in [0.2, 0.25) is 0 Å². The van der Waals surface area contributed by atoms with Gasteiger partial charge in [-0.2, -0.15) is 0 Å². The number of guanidine groups is 1. The predicted octanol–water partition coefficient (Wildman–Crippen LogP) is 4.52. The van der Waals surface area contributed by atoms with Gasteiger partial charge in [-0.25, -0.2) is 14.4 Å². The molecular formula is C24H31FIN5O. The van der Waals surface area contributed by atoms with E-state index in [1.807, 2.05) is 33.2 Å². The molecule has 0 bridgehead atoms. The smallest absolute Gasteiger partial charge is 0.191 e. The van der Waals surface area contributed by atoms with Crippen molar-refractivity contribution in [3.05, 3.63) is 83.7 Å². The number of ether oxygens (including phenoxy) is 1. The van der Waals surface area contributed by atoms with Crippen LogP contribution in [0.25, 0.3) is 0 Å². The van der Waals surface area contributed by atoms with Crippen molar-refractivity contribution in [2.24, 2.45) is 4.99 Å². The zero-order chi connectivity index (χ0) is 22.1. The van der Waals surface area contributed by atoms with Crippen LogP contribution in [0.3, 0.4) is 0 Å². The van der Waals surface area contributed by atoms with Gasteiger partial charge >= 0.3 is 0 Å². The van der Waals surface area contributed by atoms with E-state index >= 15 is 0 Å². The highest BCUT2D eigenvalue weighted by Crippen LogP contribution is 2.13. The second-order valence-electron chi connectivity index (χ2n) is 7.38. The van der Waals surface area contributed by atoms with Crippen LogP contribution in [-0.4, -0.2) is 34.7 Å². The van der Waals surface area contributed by atoms with Crippen molar-refractivity contribution in [3.8, 4) is 5.75 Å². The molecule has 0 aliphatic rings. The Morgan fingerprint density at radius 2 is 1.94 bits per heavy atom. The van der Waals surface area contributed by atoms with Crippen LogP contribution in [-0.2, 0) is 13.1 Å². The topological polar surface area (TPSA) is 63.5 Å². The lowest BCUT2D eigenvalue weighted by Gasteiger charge is -2.17. The number of aromatic nitrogens is 2. The Bertz CT molecular complexity index is 1010. The van der Waals surface area contributed by atoms with Gasteiger partial charge < -0.3 is 19.9 Å². The molecule has 3 aromatic rings. The highest BCUT2D eigenvalue weighted by molar-refractivity contribution is 14.0. The van der Waals surface area contributed by atoms with Crippen molar-refractivity contribution in [2.75, 3.05) is 13.1 Å². The molecule has 0 aliphatic heterocycles. The summed E-state index contributed by atoms with van der Waals surface area (Å²) in [5.74, 6) is 1.92. The summed E-state index contributed by atoms with van der Waals surface area (Å²) in [5.41, 5.74) is 2.35. The minimum absolute atomic E-state index is 0. The third-order valence-corrected chi connectivity index (χ3v) is 4.72. The van der Waals surface area contributed by atoms with E-state index in [1.54, 1.807) is 12.1 Å². The van der Waals surface area contributed by atoms with E-state index in [0.717, 1.165) is 24.5 Å². The van der Waals surface area contributed by atoms with Crippen LogP contribution in [0.15, 0.2) is 65.9 Å². The van der Waals surface area contributed by atoms with Gasteiger partial charge in [0.05, 0.1) is 13.1 Å². The van der Waals surface area contributed by atoms with Crippen molar-refractivity contribution in [1.82, 2.24) is 20.2 Å². The van der Waals surface area contributed by atoms with Crippen molar-refractivity contribution in [3.63, 3.8) is 0 Å². The second kappa shape index (κ2) is 13.0. The average Bonchev–Trinajstić information content (AvgIpc) is 3.15. The maximum atomic E-state index is 13.3. The summed E-state index contributed by atoms with van der Waals surface area (Å²) in [6.45, 7) is 8.61. The third-order valence-electron chi connectivity index (χ3n) is 4.72. The quantitative estimate of drug-likeness (QED) is 0.233. The first-order chi connectivity index (χ1) is 15.0. The number of benzene rings is 2. The van der Waals surface area contributed by atoms with Crippen LogP contribution in [0.1, 0.15) is 30.8 Å². The van der Waals surface area contributed by atoms with Gasteiger partial charge in [-0.05, 0) is 44.0 Å². The van der Waals surface area contributed by atoms with E-state index < -0.39 is 0 Å². The number of nitrogens with one attached hydrogen (secondary N) is 2. The Hall–Kier alpha value is -2.62. The number of aryl methyl sites for hydroxylation is 1. The average molecular weight is 551 g/mol. The molecule has 2 N–H and O–H groups in total. The lowest BCUT2D eigenvalue weighted by Crippen LogP contribution is -2.41. The van der Waals surface area contributed by atoms with Crippen LogP contribution >= 0.6 is 24.0 Å². The van der Waals surface area contributed by atoms with E-state index in [-0.39, 0.29) is 35.9 Å². The van der Waals surface area contributed by atoms with Gasteiger partial charge in [-0.1, -0.05) is 30.3 Å². The van der Waals surface area contributed by atoms with Gasteiger partial charge in [-0.3, -0.25) is 0 Å². The highest BCUT2D eigenvalue weighted by atomic mass is 127. The molecule has 0 aliphatic carbocycles. The fourth-order valence-corrected chi connectivity index (χ4v) is 3.16. The van der Waals surface area contributed by atoms with Crippen molar-refractivity contribution in [1.29, 1.82) is 0 Å². The molecule has 0 fully saturated rings. The lowest BCUT2D eigenvalue weighted by molar-refractivity contribution is 0.223. The summed E-state index contributed by atoms with van der Waals surface area (Å²) in [7, 11) is 0. The highest BCUT2D eigenvalue weighted by Gasteiger charge is 2.07. The molecule has 1 aromatic heterocycles. The van der Waals surface area contributed by atoms with Gasteiger partial charge in [0, 0.05) is 31.5 Å². The van der Waals surface area contributed by atoms with Gasteiger partial charge in [-0.15, -0.1) is 24.0 Å². The largest absolute Gasteiger partial charge is 0.489 e. The number of halogens is 2. The molecule has 32 heavy (non-hydrogen) atoms. The molecule has 6 nitrogen and oxygen atoms in total. The number of rotatable bonds is 9. The lowest BCUT2D eigenvalue weighted by atomic mass is 10.1. The van der Waals surface area contributed by atoms with Gasteiger partial charge in [0.1, 0.15) is 23.5 Å². The molecule has 2 aromatic carbocycles. The summed E-state index contributed by atoms with van der Waals surface area (Å²) >= 11 is 0. The van der Waals surface area contributed by atoms with E-state index in [0.29, 0.717) is 24.8 Å². The monoisotopic (exact) mass is 551 g/mol. The Morgan fingerprint density at radius 3 is 2.66 bits per heavy atom. The first-order valence-electron chi connectivity index (χ1n) is 10.5. The molecular weight excluding hydrogens is 520 g/mol. The zero-order valence-corrected chi connectivity index (χ0v) is 21.0. The predicted molar refractivity (Wildman–Crippen MR) is 137 cm³/mol. The van der Waals surface area contributed by atoms with E-state index in [9.17, 15) is 4.39 Å². The second-order valence-corrected chi connectivity index (χ2v) is 7.38. The normalized spacial score (nSPS) is 12.1. The number of hydrogen-bond acceptors (Lipinski definition) is 3. The SMILES string of the molecule is CCNC(=NCc1cccc(Cn2ccnc2C)c1)NCC(C)Oc1cccc(F)c1.I. The Kier molecular flexibility index (Phi) is 10.5. The number of nitrogens with zero attached hydrogens (tertiary/aromatic N) is 3. The Labute approximate surface area is 206 Å². The van der Waals surface area contributed by atoms with Gasteiger partial charge in [0.15, 0.2) is 5.96 Å². The molecule has 1 atom stereocenters. The van der Waals surface area contributed by atoms with Crippen molar-refractivity contribution in [2.45, 2.75) is 40.0 Å². The summed E-state index contributed by atoms with van der Waals surface area (Å²) in [4.78, 5) is 8.97. The number of hydrogen-bond donors (Lipinski definition) is 2. The summed E-state index contributed by atoms with van der Waals surface area (Å²) in [6, 6.07) is 14.6. The molecule has 0 saturated heterocycles. The first kappa shape index (κ1) is 25.6. The maximum absolute atomic E-state index is 13.3. The molecule has 1 unspecified atom stereocenters. The van der Waals surface area contributed by atoms with Crippen molar-refractivity contribution >= 4 is 29.9 Å². The molecule has 1 heterocycles. The number of imidazole rings is 1. The third kappa shape index (κ3) is 8.14. The molecule has 0 amide bonds. The fraction of sp³-hybridized carbons (Fsp3) is 0.333. The Balaban J connectivity index is 0.00000363. The van der Waals surface area contributed by atoms with Crippen LogP contribution in [0, 0.1) is 12.7 Å². The van der Waals surface area contributed by atoms with Gasteiger partial charge in [0.25, 0.3) is 0 Å². The van der Waals surface area contributed by atoms with Crippen LogP contribution < -0.4 is 15.4 Å². The first-order valence-corrected chi connectivity index (χ1v) is 10.5. The molecule has 0 spiro atoms. The summed E-state index contributed by atoms with van der Waals surface area (Å²) in [5, 5.41) is 6.54. The van der Waals surface area contributed by atoms with Crippen LogP contribution in [0.5, 0.6) is 5.75 Å². The minimum atomic E-state index is -0.307. The molecule has 0 saturated carbocycles. The van der Waals surface area contributed by atoms with E-state index in [2.05, 4.69) is 44.5 Å². The minimum Gasteiger partial charge on any atom is -0.489 e. The molecule has 172 valence electrons. The van der Waals surface area contributed by atoms with E-state index in [4.69, 9.17) is 9.73 Å². The number of aliphatic imine (C=N–C) groups is 1. The molecule has 3 rings (SSSR count). The zero-order valence-electron chi connectivity index (χ0n) is 18.7.